The lowest BCUT2D eigenvalue weighted by Gasteiger charge is -2.27. The van der Waals surface area contributed by atoms with Crippen LogP contribution in [0.4, 0.5) is 10.2 Å². The summed E-state index contributed by atoms with van der Waals surface area (Å²) in [5, 5.41) is 2.08. The van der Waals surface area contributed by atoms with Crippen LogP contribution in [0, 0.1) is 0 Å². The molecule has 0 saturated carbocycles. The molecule has 1 fully saturated rings. The molecule has 0 unspecified atom stereocenters. The molecule has 0 atom stereocenters. The molecule has 1 aromatic carbocycles. The van der Waals surface area contributed by atoms with E-state index in [4.69, 9.17) is 15.2 Å². The minimum atomic E-state index is 0.147. The van der Waals surface area contributed by atoms with E-state index in [1.54, 1.807) is 0 Å². The highest BCUT2D eigenvalue weighted by Gasteiger charge is 2.12. The predicted molar refractivity (Wildman–Crippen MR) is 88.5 cm³/mol. The third-order valence-corrected chi connectivity index (χ3v) is 3.85. The average Bonchev–Trinajstić information content (AvgIpc) is 2.63. The number of benzene rings is 1. The fraction of sp³-hybridized carbons (Fsp3) is 0.353. The second-order valence-electron chi connectivity index (χ2n) is 5.41. The number of halogens is 1. The van der Waals surface area contributed by atoms with Crippen molar-refractivity contribution >= 4 is 16.6 Å². The zero-order chi connectivity index (χ0) is 16.1. The predicted octanol–water partition coefficient (Wildman–Crippen LogP) is 2.26. The first-order valence-corrected chi connectivity index (χ1v) is 7.63. The monoisotopic (exact) mass is 317 g/mol. The van der Waals surface area contributed by atoms with Crippen molar-refractivity contribution in [3.8, 4) is 5.75 Å². The Morgan fingerprint density at radius 3 is 2.87 bits per heavy atom. The molecule has 2 heterocycles. The maximum atomic E-state index is 12.5. The third kappa shape index (κ3) is 3.78. The lowest BCUT2D eigenvalue weighted by Crippen LogP contribution is -2.36. The molecule has 1 aliphatic rings. The van der Waals surface area contributed by atoms with E-state index >= 15 is 0 Å². The van der Waals surface area contributed by atoms with E-state index in [-0.39, 0.29) is 13.2 Å². The number of nitrogens with zero attached hydrogens (tertiary/aromatic N) is 2. The summed E-state index contributed by atoms with van der Waals surface area (Å²) < 4.78 is 23.4. The summed E-state index contributed by atoms with van der Waals surface area (Å²) in [5.74, 6) is 1.63. The smallest absolute Gasteiger partial charge is 0.129 e. The normalized spacial score (nSPS) is 15.9. The van der Waals surface area contributed by atoms with Gasteiger partial charge in [0.15, 0.2) is 0 Å². The molecule has 23 heavy (non-hydrogen) atoms. The second kappa shape index (κ2) is 7.39. The minimum Gasteiger partial charge on any atom is -0.489 e. The Labute approximate surface area is 134 Å². The Hall–Kier alpha value is -2.18. The first kappa shape index (κ1) is 15.7. The van der Waals surface area contributed by atoms with Crippen LogP contribution in [0.25, 0.3) is 10.8 Å². The maximum absolute atomic E-state index is 12.5. The topological polar surface area (TPSA) is 60.6 Å². The largest absolute Gasteiger partial charge is 0.489 e. The lowest BCUT2D eigenvalue weighted by atomic mass is 10.1. The molecule has 0 radical (unpaired) electrons. The van der Waals surface area contributed by atoms with Crippen molar-refractivity contribution in [3.63, 3.8) is 0 Å². The van der Waals surface area contributed by atoms with E-state index in [1.165, 1.54) is 0 Å². The van der Waals surface area contributed by atoms with Gasteiger partial charge < -0.3 is 20.1 Å². The van der Waals surface area contributed by atoms with Gasteiger partial charge in [0.25, 0.3) is 0 Å². The van der Waals surface area contributed by atoms with Crippen molar-refractivity contribution in [1.82, 2.24) is 4.98 Å². The fourth-order valence-corrected chi connectivity index (χ4v) is 2.47. The Kier molecular flexibility index (Phi) is 5.05. The number of pyridine rings is 1. The van der Waals surface area contributed by atoms with E-state index in [9.17, 15) is 4.39 Å². The number of nitrogens with two attached hydrogens (primary N) is 1. The van der Waals surface area contributed by atoms with Gasteiger partial charge in [-0.05, 0) is 23.6 Å². The number of morpholine rings is 1. The number of fused-ring (bicyclic) bond motifs is 1. The molecule has 5 nitrogen and oxygen atoms in total. The van der Waals surface area contributed by atoms with E-state index in [1.807, 2.05) is 24.4 Å². The van der Waals surface area contributed by atoms with E-state index in [0.717, 1.165) is 42.9 Å². The Bertz CT molecular complexity index is 699. The van der Waals surface area contributed by atoms with E-state index in [2.05, 4.69) is 16.0 Å². The van der Waals surface area contributed by atoms with Crippen molar-refractivity contribution in [1.29, 1.82) is 0 Å². The van der Waals surface area contributed by atoms with Crippen LogP contribution in [0.15, 0.2) is 42.4 Å². The molecule has 0 spiro atoms. The molecule has 3 rings (SSSR count). The second-order valence-corrected chi connectivity index (χ2v) is 5.41. The van der Waals surface area contributed by atoms with Crippen LogP contribution in [0.2, 0.25) is 0 Å². The van der Waals surface area contributed by atoms with Gasteiger partial charge in [0.2, 0.25) is 0 Å². The summed E-state index contributed by atoms with van der Waals surface area (Å²) in [6.45, 7) is 3.48. The molecule has 1 aromatic heterocycles. The number of rotatable bonds is 5. The zero-order valence-corrected chi connectivity index (χ0v) is 12.9. The summed E-state index contributed by atoms with van der Waals surface area (Å²) in [7, 11) is 0. The van der Waals surface area contributed by atoms with Gasteiger partial charge in [-0.25, -0.2) is 9.37 Å². The van der Waals surface area contributed by atoms with Crippen LogP contribution >= 0.6 is 0 Å². The number of ether oxygens (including phenoxy) is 2. The number of anilines is 1. The SMILES string of the molecule is NC/C(=C\F)COc1ccc2cc(N3CCOCC3)ncc2c1. The molecule has 6 heteroatoms. The summed E-state index contributed by atoms with van der Waals surface area (Å²) in [4.78, 5) is 6.74. The fourth-order valence-electron chi connectivity index (χ4n) is 2.47. The molecule has 0 aliphatic carbocycles. The van der Waals surface area contributed by atoms with Gasteiger partial charge in [-0.1, -0.05) is 6.07 Å². The number of aromatic nitrogens is 1. The first-order chi connectivity index (χ1) is 11.3. The van der Waals surface area contributed by atoms with Crippen LogP contribution in [0.5, 0.6) is 5.75 Å². The van der Waals surface area contributed by atoms with E-state index < -0.39 is 0 Å². The summed E-state index contributed by atoms with van der Waals surface area (Å²) in [6, 6.07) is 7.82. The molecular formula is C17H20FN3O2. The van der Waals surface area contributed by atoms with Crippen LogP contribution in [0.1, 0.15) is 0 Å². The highest BCUT2D eigenvalue weighted by atomic mass is 19.1. The van der Waals surface area contributed by atoms with Crippen molar-refractivity contribution in [3.05, 3.63) is 42.4 Å². The molecule has 0 bridgehead atoms. The molecule has 122 valence electrons. The van der Waals surface area contributed by atoms with Crippen LogP contribution in [-0.4, -0.2) is 44.4 Å². The van der Waals surface area contributed by atoms with Gasteiger partial charge in [0, 0.05) is 36.8 Å². The minimum absolute atomic E-state index is 0.147. The van der Waals surface area contributed by atoms with Crippen molar-refractivity contribution in [2.75, 3.05) is 44.4 Å². The summed E-state index contributed by atoms with van der Waals surface area (Å²) in [5.41, 5.74) is 5.84. The number of hydrogen-bond donors (Lipinski definition) is 1. The van der Waals surface area contributed by atoms with Gasteiger partial charge in [0.1, 0.15) is 18.2 Å². The van der Waals surface area contributed by atoms with Gasteiger partial charge in [0.05, 0.1) is 19.5 Å². The van der Waals surface area contributed by atoms with Gasteiger partial charge in [-0.3, -0.25) is 0 Å². The van der Waals surface area contributed by atoms with Crippen LogP contribution < -0.4 is 15.4 Å². The van der Waals surface area contributed by atoms with Gasteiger partial charge >= 0.3 is 0 Å². The molecular weight excluding hydrogens is 297 g/mol. The molecule has 1 saturated heterocycles. The highest BCUT2D eigenvalue weighted by molar-refractivity contribution is 5.85. The maximum Gasteiger partial charge on any atom is 0.129 e. The summed E-state index contributed by atoms with van der Waals surface area (Å²) >= 11 is 0. The number of hydrogen-bond acceptors (Lipinski definition) is 5. The first-order valence-electron chi connectivity index (χ1n) is 7.63. The average molecular weight is 317 g/mol. The van der Waals surface area contributed by atoms with Crippen molar-refractivity contribution < 1.29 is 13.9 Å². The lowest BCUT2D eigenvalue weighted by molar-refractivity contribution is 0.122. The van der Waals surface area contributed by atoms with E-state index in [0.29, 0.717) is 17.7 Å². The Morgan fingerprint density at radius 2 is 2.13 bits per heavy atom. The van der Waals surface area contributed by atoms with Crippen molar-refractivity contribution in [2.45, 2.75) is 0 Å². The molecule has 2 aromatic rings. The summed E-state index contributed by atoms with van der Waals surface area (Å²) in [6.07, 6.45) is 2.33. The van der Waals surface area contributed by atoms with Crippen molar-refractivity contribution in [2.24, 2.45) is 5.73 Å². The quantitative estimate of drug-likeness (QED) is 0.916. The molecule has 1 aliphatic heterocycles. The third-order valence-electron chi connectivity index (χ3n) is 3.85. The molecule has 0 amide bonds. The standard InChI is InChI=1S/C17H20FN3O2/c18-9-13(10-19)12-23-16-2-1-14-8-17(20-11-15(14)7-16)21-3-5-22-6-4-21/h1-2,7-9,11H,3-6,10,12,19H2/b13-9+. The Balaban J connectivity index is 1.75. The zero-order valence-electron chi connectivity index (χ0n) is 12.9. The highest BCUT2D eigenvalue weighted by Crippen LogP contribution is 2.24. The van der Waals surface area contributed by atoms with Gasteiger partial charge in [-0.2, -0.15) is 0 Å². The molecule has 2 N–H and O–H groups in total. The van der Waals surface area contributed by atoms with Gasteiger partial charge in [-0.15, -0.1) is 0 Å². The van der Waals surface area contributed by atoms with Crippen LogP contribution in [-0.2, 0) is 4.74 Å². The van der Waals surface area contributed by atoms with Crippen LogP contribution in [0.3, 0.4) is 0 Å². The Morgan fingerprint density at radius 1 is 1.30 bits per heavy atom.